The number of nitrogens with one attached hydrogen (secondary N) is 1. The first kappa shape index (κ1) is 14.3. The molecule has 0 saturated heterocycles. The van der Waals surface area contributed by atoms with Crippen LogP contribution in [-0.2, 0) is 9.47 Å². The van der Waals surface area contributed by atoms with Crippen LogP contribution >= 0.6 is 0 Å². The van der Waals surface area contributed by atoms with Crippen LogP contribution in [0.1, 0.15) is 24.2 Å². The van der Waals surface area contributed by atoms with Crippen LogP contribution in [0.2, 0.25) is 0 Å². The second-order valence-corrected chi connectivity index (χ2v) is 4.02. The van der Waals surface area contributed by atoms with E-state index in [1.54, 1.807) is 26.2 Å². The fourth-order valence-electron chi connectivity index (χ4n) is 1.61. The maximum Gasteiger partial charge on any atom is 0.340 e. The lowest BCUT2D eigenvalue weighted by Gasteiger charge is -2.15. The predicted molar refractivity (Wildman–Crippen MR) is 71.8 cm³/mol. The highest BCUT2D eigenvalue weighted by Crippen LogP contribution is 2.19. The zero-order chi connectivity index (χ0) is 13.5. The molecule has 3 N–H and O–H groups in total. The van der Waals surface area contributed by atoms with E-state index < -0.39 is 5.97 Å². The number of methoxy groups -OCH3 is 1. The van der Waals surface area contributed by atoms with Crippen LogP contribution in [-0.4, -0.2) is 32.3 Å². The molecule has 0 radical (unpaired) electrons. The summed E-state index contributed by atoms with van der Waals surface area (Å²) in [6.45, 7) is 4.66. The summed E-state index contributed by atoms with van der Waals surface area (Å²) in [6, 6.07) is 5.35. The van der Waals surface area contributed by atoms with Gasteiger partial charge in [0, 0.05) is 24.5 Å². The molecule has 0 bridgehead atoms. The molecule has 0 aliphatic heterocycles. The average Bonchev–Trinajstić information content (AvgIpc) is 2.32. The summed E-state index contributed by atoms with van der Waals surface area (Å²) in [5.74, 6) is -0.405. The van der Waals surface area contributed by atoms with Gasteiger partial charge in [-0.15, -0.1) is 0 Å². The summed E-state index contributed by atoms with van der Waals surface area (Å²) < 4.78 is 9.98. The lowest BCUT2D eigenvalue weighted by molar-refractivity contribution is 0.0527. The first-order chi connectivity index (χ1) is 8.58. The minimum atomic E-state index is -0.405. The fourth-order valence-corrected chi connectivity index (χ4v) is 1.61. The van der Waals surface area contributed by atoms with Crippen molar-refractivity contribution in [1.29, 1.82) is 0 Å². The number of esters is 1. The largest absolute Gasteiger partial charge is 0.462 e. The molecular formula is C13H20N2O3. The smallest absolute Gasteiger partial charge is 0.340 e. The summed E-state index contributed by atoms with van der Waals surface area (Å²) in [4.78, 5) is 11.7. The fraction of sp³-hybridized carbons (Fsp3) is 0.462. The third-order valence-corrected chi connectivity index (χ3v) is 2.38. The van der Waals surface area contributed by atoms with Crippen LogP contribution < -0.4 is 11.1 Å². The Morgan fingerprint density at radius 2 is 2.22 bits per heavy atom. The summed E-state index contributed by atoms with van der Waals surface area (Å²) in [6.07, 6.45) is 0. The zero-order valence-corrected chi connectivity index (χ0v) is 11.0. The molecule has 0 aliphatic carbocycles. The molecule has 5 nitrogen and oxygen atoms in total. The highest BCUT2D eigenvalue weighted by atomic mass is 16.5. The van der Waals surface area contributed by atoms with E-state index in [9.17, 15) is 4.79 Å². The summed E-state index contributed by atoms with van der Waals surface area (Å²) in [7, 11) is 1.64. The van der Waals surface area contributed by atoms with Crippen molar-refractivity contribution >= 4 is 17.3 Å². The van der Waals surface area contributed by atoms with E-state index in [1.807, 2.05) is 13.0 Å². The van der Waals surface area contributed by atoms with E-state index in [-0.39, 0.29) is 6.04 Å². The molecule has 1 aromatic carbocycles. The lowest BCUT2D eigenvalue weighted by Crippen LogP contribution is -2.21. The molecule has 0 spiro atoms. The summed E-state index contributed by atoms with van der Waals surface area (Å²) in [5.41, 5.74) is 7.37. The molecule has 1 atom stereocenters. The van der Waals surface area contributed by atoms with Crippen LogP contribution in [0, 0.1) is 0 Å². The van der Waals surface area contributed by atoms with Gasteiger partial charge in [0.1, 0.15) is 0 Å². The molecule has 0 aliphatic rings. The van der Waals surface area contributed by atoms with Gasteiger partial charge < -0.3 is 20.5 Å². The van der Waals surface area contributed by atoms with Crippen LogP contribution in [0.4, 0.5) is 11.4 Å². The summed E-state index contributed by atoms with van der Waals surface area (Å²) in [5, 5.41) is 3.22. The number of nitrogen functional groups attached to an aromatic ring is 1. The van der Waals surface area contributed by atoms with Gasteiger partial charge in [-0.25, -0.2) is 4.79 Å². The van der Waals surface area contributed by atoms with Gasteiger partial charge in [-0.1, -0.05) is 0 Å². The number of rotatable bonds is 6. The van der Waals surface area contributed by atoms with Crippen LogP contribution in [0.25, 0.3) is 0 Å². The van der Waals surface area contributed by atoms with Gasteiger partial charge in [0.25, 0.3) is 0 Å². The van der Waals surface area contributed by atoms with E-state index in [2.05, 4.69) is 5.32 Å². The second-order valence-electron chi connectivity index (χ2n) is 4.02. The first-order valence-corrected chi connectivity index (χ1v) is 5.90. The number of carbonyl (C=O) groups excluding carboxylic acids is 1. The maximum absolute atomic E-state index is 11.7. The number of hydrogen-bond acceptors (Lipinski definition) is 5. The van der Waals surface area contributed by atoms with E-state index in [4.69, 9.17) is 15.2 Å². The Kier molecular flexibility index (Phi) is 5.45. The van der Waals surface area contributed by atoms with Gasteiger partial charge >= 0.3 is 5.97 Å². The Morgan fingerprint density at radius 3 is 2.83 bits per heavy atom. The number of ether oxygens (including phenoxy) is 2. The first-order valence-electron chi connectivity index (χ1n) is 5.90. The van der Waals surface area contributed by atoms with Gasteiger partial charge in [0.05, 0.1) is 18.8 Å². The Balaban J connectivity index is 2.83. The van der Waals surface area contributed by atoms with Gasteiger partial charge in [0.2, 0.25) is 0 Å². The van der Waals surface area contributed by atoms with Crippen LogP contribution in [0.15, 0.2) is 18.2 Å². The van der Waals surface area contributed by atoms with Crippen molar-refractivity contribution in [3.05, 3.63) is 23.8 Å². The monoisotopic (exact) mass is 252 g/mol. The molecule has 0 saturated carbocycles. The van der Waals surface area contributed by atoms with Crippen molar-refractivity contribution in [3.63, 3.8) is 0 Å². The minimum Gasteiger partial charge on any atom is -0.462 e. The minimum absolute atomic E-state index is 0.147. The maximum atomic E-state index is 11.7. The van der Waals surface area contributed by atoms with Crippen molar-refractivity contribution in [2.75, 3.05) is 31.4 Å². The van der Waals surface area contributed by atoms with E-state index in [0.717, 1.165) is 5.69 Å². The normalized spacial score (nSPS) is 11.9. The molecule has 1 rings (SSSR count). The van der Waals surface area contributed by atoms with E-state index in [0.29, 0.717) is 24.5 Å². The Bertz CT molecular complexity index is 407. The topological polar surface area (TPSA) is 73.6 Å². The SMILES string of the molecule is CCOC(=O)c1cc(NC(C)COC)ccc1N. The molecule has 18 heavy (non-hydrogen) atoms. The van der Waals surface area contributed by atoms with Crippen LogP contribution in [0.3, 0.4) is 0 Å². The lowest BCUT2D eigenvalue weighted by atomic mass is 10.1. The van der Waals surface area contributed by atoms with E-state index in [1.165, 1.54) is 0 Å². The number of hydrogen-bond donors (Lipinski definition) is 2. The van der Waals surface area contributed by atoms with Gasteiger partial charge in [-0.05, 0) is 32.0 Å². The highest BCUT2D eigenvalue weighted by Gasteiger charge is 2.12. The zero-order valence-electron chi connectivity index (χ0n) is 11.0. The Labute approximate surface area is 107 Å². The molecule has 1 aromatic rings. The predicted octanol–water partition coefficient (Wildman–Crippen LogP) is 1.89. The number of benzene rings is 1. The molecule has 0 aromatic heterocycles. The van der Waals surface area contributed by atoms with Crippen molar-refractivity contribution in [2.24, 2.45) is 0 Å². The Morgan fingerprint density at radius 1 is 1.50 bits per heavy atom. The van der Waals surface area contributed by atoms with Crippen molar-refractivity contribution < 1.29 is 14.3 Å². The molecule has 1 unspecified atom stereocenters. The highest BCUT2D eigenvalue weighted by molar-refractivity contribution is 5.96. The number of anilines is 2. The number of carbonyl (C=O) groups is 1. The molecule has 5 heteroatoms. The molecule has 0 amide bonds. The second kappa shape index (κ2) is 6.86. The third kappa shape index (κ3) is 3.92. The van der Waals surface area contributed by atoms with Crippen molar-refractivity contribution in [1.82, 2.24) is 0 Å². The number of nitrogens with two attached hydrogens (primary N) is 1. The van der Waals surface area contributed by atoms with Gasteiger partial charge in [0.15, 0.2) is 0 Å². The van der Waals surface area contributed by atoms with Crippen LogP contribution in [0.5, 0.6) is 0 Å². The molecular weight excluding hydrogens is 232 g/mol. The quantitative estimate of drug-likeness (QED) is 0.597. The average molecular weight is 252 g/mol. The molecule has 100 valence electrons. The standard InChI is InChI=1S/C13H20N2O3/c1-4-18-13(16)11-7-10(5-6-12(11)14)15-9(2)8-17-3/h5-7,9,15H,4,8,14H2,1-3H3. The van der Waals surface area contributed by atoms with E-state index >= 15 is 0 Å². The summed E-state index contributed by atoms with van der Waals surface area (Å²) >= 11 is 0. The van der Waals surface area contributed by atoms with Gasteiger partial charge in [-0.3, -0.25) is 0 Å². The molecule has 0 fully saturated rings. The van der Waals surface area contributed by atoms with Crippen molar-refractivity contribution in [3.8, 4) is 0 Å². The molecule has 0 heterocycles. The Hall–Kier alpha value is -1.75. The van der Waals surface area contributed by atoms with Crippen molar-refractivity contribution in [2.45, 2.75) is 19.9 Å². The third-order valence-electron chi connectivity index (χ3n) is 2.38. The van der Waals surface area contributed by atoms with Gasteiger partial charge in [-0.2, -0.15) is 0 Å².